The molecule has 0 saturated carbocycles. The summed E-state index contributed by atoms with van der Waals surface area (Å²) in [5, 5.41) is 0. The van der Waals surface area contributed by atoms with E-state index < -0.39 is 7.26 Å². The molecule has 0 radical (unpaired) electrons. The van der Waals surface area contributed by atoms with Gasteiger partial charge < -0.3 is 0 Å². The first-order chi connectivity index (χ1) is 3.42. The van der Waals surface area contributed by atoms with Crippen LogP contribution in [0.4, 0.5) is 0 Å². The van der Waals surface area contributed by atoms with Gasteiger partial charge in [-0.15, -0.1) is 0 Å². The average Bonchev–Trinajstić information content (AvgIpc) is 1.21. The molecule has 0 saturated heterocycles. The number of hydrogen-bond donors (Lipinski definition) is 0. The summed E-state index contributed by atoms with van der Waals surface area (Å²) >= 11 is 0. The zero-order valence-corrected chi connectivity index (χ0v) is 7.12. The Morgan fingerprint density at radius 1 is 1.38 bits per heavy atom. The number of rotatable bonds is 2. The molecule has 0 aromatic rings. The van der Waals surface area contributed by atoms with E-state index in [4.69, 9.17) is 0 Å². The molecule has 0 rings (SSSR count). The molecule has 0 unspecified atom stereocenters. The van der Waals surface area contributed by atoms with Crippen LogP contribution in [0.15, 0.2) is 0 Å². The summed E-state index contributed by atoms with van der Waals surface area (Å²) in [5.74, 6) is 0.337. The normalized spacial score (nSPS) is 13.5. The number of Topliss-reactive ketones (excluding diaryl/α,β-unsaturated/α-hetero) is 1. The first kappa shape index (κ1) is 8.10. The fraction of sp³-hybridized carbons (Fsp3) is 0.833. The Morgan fingerprint density at radius 3 is 1.75 bits per heavy atom. The molecule has 50 valence electrons. The van der Waals surface area contributed by atoms with E-state index in [0.717, 1.165) is 6.16 Å². The standard InChI is InChI=1S/C6H15OP/c1-6(7)5-8(2,3)4/h8H,5H2,1-4H3. The van der Waals surface area contributed by atoms with Crippen LogP contribution in [0.2, 0.25) is 0 Å². The third-order valence-electron chi connectivity index (χ3n) is 0.779. The summed E-state index contributed by atoms with van der Waals surface area (Å²) in [6, 6.07) is 0. The van der Waals surface area contributed by atoms with Crippen molar-refractivity contribution in [2.24, 2.45) is 0 Å². The van der Waals surface area contributed by atoms with Gasteiger partial charge in [0, 0.05) is 0 Å². The molecule has 0 N–H and O–H groups in total. The molecular formula is C6H15OP. The van der Waals surface area contributed by atoms with Gasteiger partial charge in [0.05, 0.1) is 0 Å². The van der Waals surface area contributed by atoms with E-state index >= 15 is 0 Å². The molecule has 0 aliphatic heterocycles. The average molecular weight is 134 g/mol. The minimum absolute atomic E-state index is 0.337. The maximum atomic E-state index is 10.5. The molecule has 2 heteroatoms. The van der Waals surface area contributed by atoms with E-state index in [1.165, 1.54) is 0 Å². The zero-order valence-electron chi connectivity index (χ0n) is 6.12. The molecule has 0 aliphatic carbocycles. The fourth-order valence-corrected chi connectivity index (χ4v) is 2.24. The summed E-state index contributed by atoms with van der Waals surface area (Å²) in [5.41, 5.74) is 0. The molecule has 0 aliphatic rings. The second-order valence-corrected chi connectivity index (χ2v) is 8.91. The monoisotopic (exact) mass is 134 g/mol. The van der Waals surface area contributed by atoms with Crippen molar-refractivity contribution >= 4 is 13.0 Å². The Kier molecular flexibility index (Phi) is 2.62. The van der Waals surface area contributed by atoms with Crippen molar-refractivity contribution in [1.82, 2.24) is 0 Å². The number of carbonyl (C=O) groups excluding carboxylic acids is 1. The van der Waals surface area contributed by atoms with E-state index in [-0.39, 0.29) is 0 Å². The Morgan fingerprint density at radius 2 is 1.75 bits per heavy atom. The molecule has 0 atom stereocenters. The van der Waals surface area contributed by atoms with Crippen molar-refractivity contribution in [3.05, 3.63) is 0 Å². The van der Waals surface area contributed by atoms with Crippen LogP contribution >= 0.6 is 7.26 Å². The Balaban J connectivity index is 3.55. The molecule has 1 nitrogen and oxygen atoms in total. The first-order valence-electron chi connectivity index (χ1n) is 2.91. The first-order valence-corrected chi connectivity index (χ1v) is 6.62. The van der Waals surface area contributed by atoms with Gasteiger partial charge in [0.1, 0.15) is 0 Å². The summed E-state index contributed by atoms with van der Waals surface area (Å²) < 4.78 is 0. The summed E-state index contributed by atoms with van der Waals surface area (Å²) in [6.45, 7) is 8.27. The summed E-state index contributed by atoms with van der Waals surface area (Å²) in [4.78, 5) is 10.5. The molecule has 0 aromatic carbocycles. The quantitative estimate of drug-likeness (QED) is 0.519. The van der Waals surface area contributed by atoms with Crippen LogP contribution in [-0.4, -0.2) is 31.9 Å². The van der Waals surface area contributed by atoms with Gasteiger partial charge in [0.25, 0.3) is 0 Å². The van der Waals surface area contributed by atoms with Crippen LogP contribution in [-0.2, 0) is 4.79 Å². The van der Waals surface area contributed by atoms with Gasteiger partial charge in [-0.2, -0.15) is 0 Å². The van der Waals surface area contributed by atoms with E-state index in [2.05, 4.69) is 20.0 Å². The van der Waals surface area contributed by atoms with Crippen LogP contribution < -0.4 is 0 Å². The predicted molar refractivity (Wildman–Crippen MR) is 41.6 cm³/mol. The van der Waals surface area contributed by atoms with E-state index in [1.807, 2.05) is 0 Å². The van der Waals surface area contributed by atoms with Crippen molar-refractivity contribution in [2.45, 2.75) is 6.92 Å². The molecule has 0 fully saturated rings. The zero-order chi connectivity index (χ0) is 6.78. The molecule has 8 heavy (non-hydrogen) atoms. The van der Waals surface area contributed by atoms with Crippen molar-refractivity contribution < 1.29 is 4.79 Å². The molecule has 0 amide bonds. The SMILES string of the molecule is CC(=O)C[PH](C)(C)C. The number of carbonyl (C=O) groups is 1. The molecule has 0 bridgehead atoms. The second kappa shape index (κ2) is 2.59. The van der Waals surface area contributed by atoms with Gasteiger partial charge in [-0.25, -0.2) is 0 Å². The van der Waals surface area contributed by atoms with Crippen LogP contribution in [0.5, 0.6) is 0 Å². The van der Waals surface area contributed by atoms with E-state index in [9.17, 15) is 4.79 Å². The fourth-order valence-electron chi connectivity index (χ4n) is 0.747. The van der Waals surface area contributed by atoms with Gasteiger partial charge in [0.15, 0.2) is 0 Å². The molecule has 0 spiro atoms. The molecule has 0 aromatic heterocycles. The Bertz CT molecular complexity index is 91.2. The van der Waals surface area contributed by atoms with Crippen molar-refractivity contribution in [3.63, 3.8) is 0 Å². The third-order valence-corrected chi connectivity index (χ3v) is 2.34. The van der Waals surface area contributed by atoms with E-state index in [1.54, 1.807) is 6.92 Å². The van der Waals surface area contributed by atoms with Gasteiger partial charge in [-0.05, 0) is 0 Å². The van der Waals surface area contributed by atoms with Crippen molar-refractivity contribution in [1.29, 1.82) is 0 Å². The van der Waals surface area contributed by atoms with Crippen molar-refractivity contribution in [2.75, 3.05) is 26.2 Å². The number of hydrogen-bond acceptors (Lipinski definition) is 1. The predicted octanol–water partition coefficient (Wildman–Crippen LogP) is 1.21. The third kappa shape index (κ3) is 6.10. The van der Waals surface area contributed by atoms with Gasteiger partial charge in [-0.1, -0.05) is 0 Å². The Hall–Kier alpha value is 0.100. The van der Waals surface area contributed by atoms with Gasteiger partial charge in [-0.3, -0.25) is 0 Å². The van der Waals surface area contributed by atoms with Crippen LogP contribution in [0.3, 0.4) is 0 Å². The summed E-state index contributed by atoms with van der Waals surface area (Å²) in [7, 11) is -1.07. The summed E-state index contributed by atoms with van der Waals surface area (Å²) in [6.07, 6.45) is 0.826. The van der Waals surface area contributed by atoms with Gasteiger partial charge >= 0.3 is 50.9 Å². The number of ketones is 1. The topological polar surface area (TPSA) is 17.1 Å². The van der Waals surface area contributed by atoms with Crippen LogP contribution in [0, 0.1) is 0 Å². The molecular weight excluding hydrogens is 119 g/mol. The minimum atomic E-state index is -1.07. The maximum absolute atomic E-state index is 10.5. The van der Waals surface area contributed by atoms with E-state index in [0.29, 0.717) is 5.78 Å². The van der Waals surface area contributed by atoms with Crippen molar-refractivity contribution in [3.8, 4) is 0 Å². The second-order valence-electron chi connectivity index (χ2n) is 3.44. The van der Waals surface area contributed by atoms with Crippen LogP contribution in [0.25, 0.3) is 0 Å². The Labute approximate surface area is 51.8 Å². The van der Waals surface area contributed by atoms with Gasteiger partial charge in [0.2, 0.25) is 0 Å². The van der Waals surface area contributed by atoms with Crippen LogP contribution in [0.1, 0.15) is 6.92 Å². The molecule has 0 heterocycles.